The molecule has 5 nitrogen and oxygen atoms in total. The number of hydrogen-bond donors (Lipinski definition) is 1. The molecule has 0 fully saturated rings. The number of benzene rings is 1. The van der Waals surface area contributed by atoms with E-state index < -0.39 is 0 Å². The second-order valence-corrected chi connectivity index (χ2v) is 4.83. The van der Waals surface area contributed by atoms with Gasteiger partial charge < -0.3 is 19.4 Å². The van der Waals surface area contributed by atoms with Crippen LogP contribution in [0.2, 0.25) is 0 Å². The van der Waals surface area contributed by atoms with Gasteiger partial charge in [0.25, 0.3) is 0 Å². The van der Waals surface area contributed by atoms with Crippen molar-refractivity contribution in [1.82, 2.24) is 14.9 Å². The van der Waals surface area contributed by atoms with Crippen LogP contribution in [0.5, 0.6) is 11.5 Å². The Bertz CT molecular complexity index is 566. The van der Waals surface area contributed by atoms with E-state index >= 15 is 0 Å². The van der Waals surface area contributed by atoms with Gasteiger partial charge in [0.15, 0.2) is 11.5 Å². The Morgan fingerprint density at radius 3 is 2.67 bits per heavy atom. The zero-order valence-corrected chi connectivity index (χ0v) is 12.9. The average Bonchev–Trinajstić information content (AvgIpc) is 2.95. The Balaban J connectivity index is 1.92. The predicted molar refractivity (Wildman–Crippen MR) is 82.6 cm³/mol. The molecule has 0 radical (unpaired) electrons. The zero-order chi connectivity index (χ0) is 15.1. The van der Waals surface area contributed by atoms with Gasteiger partial charge in [0.05, 0.1) is 20.8 Å². The molecule has 0 spiro atoms. The van der Waals surface area contributed by atoms with Crippen LogP contribution in [0.3, 0.4) is 0 Å². The summed E-state index contributed by atoms with van der Waals surface area (Å²) in [6.45, 7) is 4.69. The summed E-state index contributed by atoms with van der Waals surface area (Å²) in [5.41, 5.74) is 1.15. The molecule has 1 heterocycles. The summed E-state index contributed by atoms with van der Waals surface area (Å²) >= 11 is 0. The molecule has 0 unspecified atom stereocenters. The number of ether oxygens (including phenoxy) is 2. The van der Waals surface area contributed by atoms with E-state index in [0.717, 1.165) is 48.9 Å². The van der Waals surface area contributed by atoms with Crippen LogP contribution in [0, 0.1) is 0 Å². The first-order valence-electron chi connectivity index (χ1n) is 7.20. The van der Waals surface area contributed by atoms with Crippen molar-refractivity contribution in [3.8, 4) is 11.5 Å². The Morgan fingerprint density at radius 2 is 1.95 bits per heavy atom. The first-order chi connectivity index (χ1) is 10.3. The van der Waals surface area contributed by atoms with E-state index in [4.69, 9.17) is 9.47 Å². The van der Waals surface area contributed by atoms with Crippen molar-refractivity contribution in [3.05, 3.63) is 42.0 Å². The third kappa shape index (κ3) is 3.98. The monoisotopic (exact) mass is 289 g/mol. The Hall–Kier alpha value is -2.01. The van der Waals surface area contributed by atoms with Gasteiger partial charge >= 0.3 is 0 Å². The van der Waals surface area contributed by atoms with Crippen LogP contribution in [-0.2, 0) is 19.6 Å². The smallest absolute Gasteiger partial charge is 0.161 e. The molecule has 0 aliphatic carbocycles. The molecule has 0 atom stereocenters. The summed E-state index contributed by atoms with van der Waals surface area (Å²) in [7, 11) is 3.29. The fourth-order valence-corrected chi connectivity index (χ4v) is 2.26. The van der Waals surface area contributed by atoms with Gasteiger partial charge in [-0.1, -0.05) is 13.0 Å². The molecule has 0 saturated heterocycles. The van der Waals surface area contributed by atoms with Crippen molar-refractivity contribution >= 4 is 0 Å². The van der Waals surface area contributed by atoms with Gasteiger partial charge in [-0.3, -0.25) is 0 Å². The van der Waals surface area contributed by atoms with Crippen molar-refractivity contribution in [2.75, 3.05) is 14.2 Å². The fraction of sp³-hybridized carbons (Fsp3) is 0.438. The van der Waals surface area contributed by atoms with Crippen LogP contribution >= 0.6 is 0 Å². The summed E-state index contributed by atoms with van der Waals surface area (Å²) < 4.78 is 12.7. The van der Waals surface area contributed by atoms with Crippen LogP contribution in [0.25, 0.3) is 0 Å². The minimum Gasteiger partial charge on any atom is -0.493 e. The minimum atomic E-state index is 0.750. The normalized spacial score (nSPS) is 10.6. The number of rotatable bonds is 8. The number of imidazole rings is 1. The second-order valence-electron chi connectivity index (χ2n) is 4.83. The number of aromatic nitrogens is 2. The lowest BCUT2D eigenvalue weighted by Gasteiger charge is -2.11. The highest BCUT2D eigenvalue weighted by Crippen LogP contribution is 2.27. The first kappa shape index (κ1) is 15.4. The Morgan fingerprint density at radius 1 is 1.14 bits per heavy atom. The lowest BCUT2D eigenvalue weighted by atomic mass is 10.2. The van der Waals surface area contributed by atoms with Crippen molar-refractivity contribution in [1.29, 1.82) is 0 Å². The maximum Gasteiger partial charge on any atom is 0.161 e. The molecule has 0 aliphatic heterocycles. The molecule has 2 aromatic rings. The molecule has 21 heavy (non-hydrogen) atoms. The largest absolute Gasteiger partial charge is 0.493 e. The van der Waals surface area contributed by atoms with Gasteiger partial charge in [-0.2, -0.15) is 0 Å². The highest BCUT2D eigenvalue weighted by atomic mass is 16.5. The summed E-state index contributed by atoms with van der Waals surface area (Å²) in [5.74, 6) is 2.57. The van der Waals surface area contributed by atoms with Crippen molar-refractivity contribution in [2.24, 2.45) is 0 Å². The average molecular weight is 289 g/mol. The number of nitrogens with one attached hydrogen (secondary N) is 1. The van der Waals surface area contributed by atoms with Gasteiger partial charge in [0.1, 0.15) is 5.82 Å². The lowest BCUT2D eigenvalue weighted by molar-refractivity contribution is 0.354. The quantitative estimate of drug-likeness (QED) is 0.811. The fourth-order valence-electron chi connectivity index (χ4n) is 2.26. The van der Waals surface area contributed by atoms with Crippen molar-refractivity contribution in [3.63, 3.8) is 0 Å². The molecule has 5 heteroatoms. The number of nitrogens with zero attached hydrogens (tertiary/aromatic N) is 2. The van der Waals surface area contributed by atoms with E-state index in [0.29, 0.717) is 0 Å². The van der Waals surface area contributed by atoms with Crippen LogP contribution < -0.4 is 14.8 Å². The third-order valence-corrected chi connectivity index (χ3v) is 3.33. The number of aryl methyl sites for hydroxylation is 1. The molecule has 0 bridgehead atoms. The van der Waals surface area contributed by atoms with Gasteiger partial charge in [0.2, 0.25) is 0 Å². The Labute approximate surface area is 125 Å². The molecule has 0 amide bonds. The van der Waals surface area contributed by atoms with Gasteiger partial charge in [-0.25, -0.2) is 4.98 Å². The highest BCUT2D eigenvalue weighted by molar-refractivity contribution is 5.42. The summed E-state index contributed by atoms with van der Waals surface area (Å²) in [4.78, 5) is 4.38. The summed E-state index contributed by atoms with van der Waals surface area (Å²) in [6.07, 6.45) is 4.99. The highest BCUT2D eigenvalue weighted by Gasteiger charge is 2.05. The lowest BCUT2D eigenvalue weighted by Crippen LogP contribution is -2.16. The van der Waals surface area contributed by atoms with Crippen LogP contribution in [0.15, 0.2) is 30.6 Å². The Kier molecular flexibility index (Phi) is 5.63. The van der Waals surface area contributed by atoms with E-state index in [2.05, 4.69) is 21.8 Å². The molecular weight excluding hydrogens is 266 g/mol. The van der Waals surface area contributed by atoms with E-state index in [9.17, 15) is 0 Å². The van der Waals surface area contributed by atoms with E-state index in [1.54, 1.807) is 14.2 Å². The molecule has 1 aromatic heterocycles. The van der Waals surface area contributed by atoms with Gasteiger partial charge in [-0.15, -0.1) is 0 Å². The third-order valence-electron chi connectivity index (χ3n) is 3.33. The van der Waals surface area contributed by atoms with Crippen molar-refractivity contribution < 1.29 is 9.47 Å². The molecule has 0 saturated carbocycles. The predicted octanol–water partition coefficient (Wildman–Crippen LogP) is 2.60. The summed E-state index contributed by atoms with van der Waals surface area (Å²) in [5, 5.41) is 3.41. The van der Waals surface area contributed by atoms with Crippen LogP contribution in [0.1, 0.15) is 24.7 Å². The van der Waals surface area contributed by atoms with Gasteiger partial charge in [-0.05, 0) is 24.1 Å². The topological polar surface area (TPSA) is 48.3 Å². The number of methoxy groups -OCH3 is 2. The van der Waals surface area contributed by atoms with Crippen LogP contribution in [0.4, 0.5) is 0 Å². The maximum atomic E-state index is 5.31. The van der Waals surface area contributed by atoms with E-state index in [-0.39, 0.29) is 0 Å². The number of hydrogen-bond acceptors (Lipinski definition) is 4. The van der Waals surface area contributed by atoms with Crippen LogP contribution in [-0.4, -0.2) is 23.8 Å². The molecular formula is C16H23N3O2. The second kappa shape index (κ2) is 7.69. The van der Waals surface area contributed by atoms with E-state index in [1.165, 1.54) is 0 Å². The maximum absolute atomic E-state index is 5.31. The molecule has 0 aliphatic rings. The van der Waals surface area contributed by atoms with E-state index in [1.807, 2.05) is 30.6 Å². The minimum absolute atomic E-state index is 0.750. The van der Waals surface area contributed by atoms with Crippen molar-refractivity contribution in [2.45, 2.75) is 33.0 Å². The molecule has 1 aromatic carbocycles. The van der Waals surface area contributed by atoms with Gasteiger partial charge in [0, 0.05) is 25.5 Å². The summed E-state index contributed by atoms with van der Waals surface area (Å²) in [6, 6.07) is 5.95. The standard InChI is InChI=1S/C16H23N3O2/c1-4-8-19-9-7-18-16(19)12-17-11-13-5-6-14(20-2)15(10-13)21-3/h5-7,9-10,17H,4,8,11-12H2,1-3H3. The zero-order valence-electron chi connectivity index (χ0n) is 12.9. The molecule has 2 rings (SSSR count). The first-order valence-corrected chi connectivity index (χ1v) is 7.20. The SMILES string of the molecule is CCCn1ccnc1CNCc1ccc(OC)c(OC)c1. The molecule has 1 N–H and O–H groups in total. The molecule has 114 valence electrons.